The largest absolute Gasteiger partial charge is 0.461 e. The second kappa shape index (κ2) is 6.97. The zero-order chi connectivity index (χ0) is 18.1. The van der Waals surface area contributed by atoms with Crippen molar-refractivity contribution in [2.75, 3.05) is 6.61 Å². The predicted octanol–water partition coefficient (Wildman–Crippen LogP) is 5.26. The Morgan fingerprint density at radius 3 is 2.92 bits per heavy atom. The number of para-hydroxylation sites is 1. The van der Waals surface area contributed by atoms with Crippen LogP contribution in [0.4, 0.5) is 0 Å². The molecule has 26 heavy (non-hydrogen) atoms. The van der Waals surface area contributed by atoms with Gasteiger partial charge >= 0.3 is 5.97 Å². The number of esters is 1. The van der Waals surface area contributed by atoms with E-state index in [0.29, 0.717) is 23.9 Å². The number of hydrogen-bond acceptors (Lipinski definition) is 5. The third kappa shape index (κ3) is 2.91. The maximum Gasteiger partial charge on any atom is 0.357 e. The Hall–Kier alpha value is -2.57. The van der Waals surface area contributed by atoms with Gasteiger partial charge in [-0.05, 0) is 25.1 Å². The molecule has 0 aliphatic carbocycles. The van der Waals surface area contributed by atoms with Gasteiger partial charge in [0.25, 0.3) is 0 Å². The molecule has 4 rings (SSSR count). The number of halogens is 1. The van der Waals surface area contributed by atoms with Crippen LogP contribution in [0.15, 0.2) is 48.7 Å². The van der Waals surface area contributed by atoms with Crippen LogP contribution in [-0.2, 0) is 10.6 Å². The first-order valence-electron chi connectivity index (χ1n) is 8.10. The molecule has 0 atom stereocenters. The molecule has 0 spiro atoms. The van der Waals surface area contributed by atoms with E-state index in [1.165, 1.54) is 11.3 Å². The van der Waals surface area contributed by atoms with Crippen molar-refractivity contribution in [3.63, 3.8) is 0 Å². The molecule has 0 unspecified atom stereocenters. The highest BCUT2D eigenvalue weighted by Crippen LogP contribution is 2.33. The number of carbonyl (C=O) groups is 1. The molecule has 0 aliphatic rings. The summed E-state index contributed by atoms with van der Waals surface area (Å²) >= 11 is 7.46. The highest BCUT2D eigenvalue weighted by molar-refractivity contribution is 7.23. The van der Waals surface area contributed by atoms with Gasteiger partial charge in [-0.1, -0.05) is 29.5 Å². The molecular formula is C19H15ClN2O3S. The van der Waals surface area contributed by atoms with Crippen molar-refractivity contribution < 1.29 is 14.3 Å². The summed E-state index contributed by atoms with van der Waals surface area (Å²) in [5.74, 6) is 1.44. The highest BCUT2D eigenvalue weighted by atomic mass is 35.5. The zero-order valence-corrected chi connectivity index (χ0v) is 15.5. The number of carbonyl (C=O) groups excluding carboxylic acids is 1. The van der Waals surface area contributed by atoms with Gasteiger partial charge in [0.05, 0.1) is 28.9 Å². The predicted molar refractivity (Wildman–Crippen MR) is 103 cm³/mol. The normalized spacial score (nSPS) is 11.2. The maximum absolute atomic E-state index is 12.1. The molecule has 0 fully saturated rings. The summed E-state index contributed by atoms with van der Waals surface area (Å²) in [5.41, 5.74) is 2.25. The Balaban J connectivity index is 1.74. The number of benzene rings is 2. The summed E-state index contributed by atoms with van der Waals surface area (Å²) in [6.45, 7) is 2.11. The molecule has 4 aromatic rings. The summed E-state index contributed by atoms with van der Waals surface area (Å²) < 4.78 is 13.9. The summed E-state index contributed by atoms with van der Waals surface area (Å²) in [7, 11) is 0. The topological polar surface area (TPSA) is 52.8 Å². The first-order chi connectivity index (χ1) is 12.7. The van der Waals surface area contributed by atoms with Crippen LogP contribution < -0.4 is 4.74 Å². The monoisotopic (exact) mass is 386 g/mol. The van der Waals surface area contributed by atoms with Gasteiger partial charge in [-0.15, -0.1) is 11.6 Å². The Bertz CT molecular complexity index is 1100. The number of aromatic nitrogens is 2. The van der Waals surface area contributed by atoms with Crippen molar-refractivity contribution in [3.8, 4) is 11.5 Å². The molecule has 2 aromatic carbocycles. The highest BCUT2D eigenvalue weighted by Gasteiger charge is 2.17. The van der Waals surface area contributed by atoms with Crippen molar-refractivity contribution in [1.82, 2.24) is 9.38 Å². The van der Waals surface area contributed by atoms with Crippen LogP contribution in [0.25, 0.3) is 15.2 Å². The van der Waals surface area contributed by atoms with Gasteiger partial charge in [0.15, 0.2) is 10.7 Å². The molecule has 2 aromatic heterocycles. The molecule has 132 valence electrons. The summed E-state index contributed by atoms with van der Waals surface area (Å²) in [6, 6.07) is 13.4. The van der Waals surface area contributed by atoms with Gasteiger partial charge in [0.1, 0.15) is 11.5 Å². The van der Waals surface area contributed by atoms with Gasteiger partial charge in [0.2, 0.25) is 0 Å². The molecule has 0 N–H and O–H groups in total. The van der Waals surface area contributed by atoms with E-state index in [0.717, 1.165) is 26.5 Å². The molecule has 0 aliphatic heterocycles. The quantitative estimate of drug-likeness (QED) is 0.347. The maximum atomic E-state index is 12.1. The fourth-order valence-corrected chi connectivity index (χ4v) is 4.00. The Kier molecular flexibility index (Phi) is 4.53. The lowest BCUT2D eigenvalue weighted by molar-refractivity contribution is 0.0519. The van der Waals surface area contributed by atoms with Gasteiger partial charge < -0.3 is 9.47 Å². The van der Waals surface area contributed by atoms with E-state index in [-0.39, 0.29) is 5.97 Å². The Morgan fingerprint density at radius 1 is 1.27 bits per heavy atom. The van der Waals surface area contributed by atoms with Gasteiger partial charge in [-0.25, -0.2) is 9.78 Å². The molecule has 0 radical (unpaired) electrons. The van der Waals surface area contributed by atoms with E-state index < -0.39 is 0 Å². The minimum atomic E-state index is -0.379. The molecule has 5 nitrogen and oxygen atoms in total. The lowest BCUT2D eigenvalue weighted by Gasteiger charge is -2.09. The third-order valence-electron chi connectivity index (χ3n) is 3.93. The van der Waals surface area contributed by atoms with Crippen molar-refractivity contribution in [2.45, 2.75) is 12.8 Å². The molecule has 0 saturated heterocycles. The van der Waals surface area contributed by atoms with Crippen LogP contribution in [0, 0.1) is 0 Å². The number of thiazole rings is 1. The first-order valence-corrected chi connectivity index (χ1v) is 9.45. The van der Waals surface area contributed by atoms with Crippen LogP contribution in [-0.4, -0.2) is 22.0 Å². The molecule has 0 amide bonds. The Labute approximate surface area is 158 Å². The fraction of sp³-hybridized carbons (Fsp3) is 0.158. The molecular weight excluding hydrogens is 372 g/mol. The number of nitrogens with zero attached hydrogens (tertiary/aromatic N) is 2. The van der Waals surface area contributed by atoms with Crippen molar-refractivity contribution in [3.05, 3.63) is 59.9 Å². The molecule has 0 bridgehead atoms. The standard InChI is InChI=1S/C19H15ClN2O3S/c1-2-24-18(23)15-11-21-19-22(15)14-8-7-13(9-17(14)26-19)25-16-6-4-3-5-12(16)10-20/h3-9,11H,2,10H2,1H3. The number of imidazole rings is 1. The van der Waals surface area contributed by atoms with Crippen LogP contribution in [0.1, 0.15) is 23.0 Å². The van der Waals surface area contributed by atoms with E-state index in [2.05, 4.69) is 4.98 Å². The van der Waals surface area contributed by atoms with Crippen LogP contribution in [0.5, 0.6) is 11.5 Å². The fourth-order valence-electron chi connectivity index (χ4n) is 2.75. The number of alkyl halides is 1. The second-order valence-corrected chi connectivity index (χ2v) is 6.83. The number of rotatable bonds is 5. The van der Waals surface area contributed by atoms with Gasteiger partial charge in [-0.2, -0.15) is 0 Å². The summed E-state index contributed by atoms with van der Waals surface area (Å²) in [4.78, 5) is 17.2. The lowest BCUT2D eigenvalue weighted by atomic mass is 10.2. The van der Waals surface area contributed by atoms with Crippen LogP contribution in [0.3, 0.4) is 0 Å². The summed E-state index contributed by atoms with van der Waals surface area (Å²) in [5, 5.41) is 0. The lowest BCUT2D eigenvalue weighted by Crippen LogP contribution is -2.07. The van der Waals surface area contributed by atoms with E-state index in [1.807, 2.05) is 46.9 Å². The first kappa shape index (κ1) is 16.9. The zero-order valence-electron chi connectivity index (χ0n) is 13.9. The van der Waals surface area contributed by atoms with Crippen LogP contribution >= 0.6 is 22.9 Å². The number of fused-ring (bicyclic) bond motifs is 3. The molecule has 7 heteroatoms. The second-order valence-electron chi connectivity index (χ2n) is 5.56. The van der Waals surface area contributed by atoms with Crippen molar-refractivity contribution >= 4 is 44.1 Å². The minimum Gasteiger partial charge on any atom is -0.461 e. The van der Waals surface area contributed by atoms with Crippen LogP contribution in [0.2, 0.25) is 0 Å². The SMILES string of the molecule is CCOC(=O)c1cnc2sc3cc(Oc4ccccc4CCl)ccc3n12. The average Bonchev–Trinajstić information content (AvgIpc) is 3.21. The number of hydrogen-bond donors (Lipinski definition) is 0. The number of ether oxygens (including phenoxy) is 2. The van der Waals surface area contributed by atoms with Gasteiger partial charge in [0, 0.05) is 11.6 Å². The Morgan fingerprint density at radius 2 is 2.12 bits per heavy atom. The molecule has 0 saturated carbocycles. The van der Waals surface area contributed by atoms with E-state index in [1.54, 1.807) is 13.1 Å². The van der Waals surface area contributed by atoms with Gasteiger partial charge in [-0.3, -0.25) is 4.40 Å². The smallest absolute Gasteiger partial charge is 0.357 e. The average molecular weight is 387 g/mol. The van der Waals surface area contributed by atoms with Crippen molar-refractivity contribution in [1.29, 1.82) is 0 Å². The van der Waals surface area contributed by atoms with Crippen molar-refractivity contribution in [2.24, 2.45) is 0 Å². The molecule has 2 heterocycles. The van der Waals surface area contributed by atoms with E-state index in [9.17, 15) is 4.79 Å². The third-order valence-corrected chi connectivity index (χ3v) is 5.24. The summed E-state index contributed by atoms with van der Waals surface area (Å²) in [6.07, 6.45) is 1.55. The van der Waals surface area contributed by atoms with E-state index in [4.69, 9.17) is 21.1 Å². The van der Waals surface area contributed by atoms with E-state index >= 15 is 0 Å². The minimum absolute atomic E-state index is 0.326.